The van der Waals surface area contributed by atoms with Gasteiger partial charge in [0, 0.05) is 0 Å². The minimum atomic E-state index is -3.18. The monoisotopic (exact) mass is 452 g/mol. The van der Waals surface area contributed by atoms with Gasteiger partial charge in [-0.1, -0.05) is 74.4 Å². The van der Waals surface area contributed by atoms with E-state index < -0.39 is 6.11 Å². The molecule has 2 aromatic rings. The van der Waals surface area contributed by atoms with Crippen molar-refractivity contribution in [2.45, 2.75) is 89.3 Å². The molecule has 0 heterocycles. The smallest absolute Gasteiger partial charge is 0.315 e. The van der Waals surface area contributed by atoms with E-state index in [1.165, 1.54) is 62.5 Å². The van der Waals surface area contributed by atoms with Crippen LogP contribution in [0.25, 0.3) is 0 Å². The van der Waals surface area contributed by atoms with Gasteiger partial charge in [-0.05, 0) is 84.5 Å². The molecular formula is C30H38F2O. The van der Waals surface area contributed by atoms with E-state index in [0.717, 1.165) is 11.5 Å². The summed E-state index contributed by atoms with van der Waals surface area (Å²) in [7, 11) is 0. The minimum Gasteiger partial charge on any atom is -0.315 e. The molecule has 2 fully saturated rings. The van der Waals surface area contributed by atoms with Crippen LogP contribution in [-0.4, -0.2) is 6.11 Å². The number of hydrogen-bond acceptors (Lipinski definition) is 1. The van der Waals surface area contributed by atoms with E-state index >= 15 is 0 Å². The second-order valence-corrected chi connectivity index (χ2v) is 10.4. The summed E-state index contributed by atoms with van der Waals surface area (Å²) in [5.41, 5.74) is 4.01. The number of alkyl halides is 2. The van der Waals surface area contributed by atoms with Crippen LogP contribution in [0.1, 0.15) is 92.4 Å². The summed E-state index contributed by atoms with van der Waals surface area (Å²) >= 11 is 0. The average Bonchev–Trinajstić information content (AvgIpc) is 2.84. The third-order valence-corrected chi connectivity index (χ3v) is 7.88. The third-order valence-electron chi connectivity index (χ3n) is 7.88. The molecule has 2 aliphatic carbocycles. The quantitative estimate of drug-likeness (QED) is 0.364. The molecule has 0 radical (unpaired) electrons. The van der Waals surface area contributed by atoms with Gasteiger partial charge in [0.25, 0.3) is 0 Å². The van der Waals surface area contributed by atoms with E-state index in [0.29, 0.717) is 23.3 Å². The first-order chi connectivity index (χ1) is 15.9. The van der Waals surface area contributed by atoms with Gasteiger partial charge in [0.1, 0.15) is 0 Å². The molecule has 0 bridgehead atoms. The Morgan fingerprint density at radius 1 is 0.788 bits per heavy atom. The van der Waals surface area contributed by atoms with Gasteiger partial charge in [-0.15, -0.1) is 6.58 Å². The van der Waals surface area contributed by atoms with Gasteiger partial charge in [0.05, 0.1) is 13.0 Å². The zero-order chi connectivity index (χ0) is 23.3. The van der Waals surface area contributed by atoms with Gasteiger partial charge in [-0.2, -0.15) is 8.78 Å². The van der Waals surface area contributed by atoms with E-state index in [-0.39, 0.29) is 13.0 Å². The predicted octanol–water partition coefficient (Wildman–Crippen LogP) is 8.79. The number of ether oxygens (including phenoxy) is 1. The normalized spacial score (nSPS) is 26.2. The lowest BCUT2D eigenvalue weighted by atomic mass is 9.79. The molecule has 0 N–H and O–H groups in total. The summed E-state index contributed by atoms with van der Waals surface area (Å²) in [4.78, 5) is 0. The first-order valence-corrected chi connectivity index (χ1v) is 12.7. The van der Waals surface area contributed by atoms with Crippen LogP contribution in [0.15, 0.2) is 61.2 Å². The molecule has 0 atom stereocenters. The van der Waals surface area contributed by atoms with E-state index in [9.17, 15) is 8.78 Å². The van der Waals surface area contributed by atoms with Crippen LogP contribution in [0.5, 0.6) is 0 Å². The first-order valence-electron chi connectivity index (χ1n) is 12.7. The molecule has 1 nitrogen and oxygen atoms in total. The Balaban J connectivity index is 1.26. The van der Waals surface area contributed by atoms with Gasteiger partial charge < -0.3 is 4.74 Å². The Morgan fingerprint density at radius 2 is 1.27 bits per heavy atom. The van der Waals surface area contributed by atoms with Crippen LogP contribution >= 0.6 is 0 Å². The molecule has 4 rings (SSSR count). The van der Waals surface area contributed by atoms with E-state index in [2.05, 4.69) is 31.7 Å². The lowest BCUT2D eigenvalue weighted by molar-refractivity contribution is -0.244. The minimum absolute atomic E-state index is 0.0746. The number of halogens is 2. The Morgan fingerprint density at radius 3 is 1.79 bits per heavy atom. The topological polar surface area (TPSA) is 9.23 Å². The average molecular weight is 453 g/mol. The summed E-state index contributed by atoms with van der Waals surface area (Å²) < 4.78 is 34.1. The molecule has 0 aromatic heterocycles. The zero-order valence-corrected chi connectivity index (χ0v) is 19.9. The van der Waals surface area contributed by atoms with Crippen molar-refractivity contribution in [1.82, 2.24) is 0 Å². The molecule has 0 aliphatic heterocycles. The molecule has 3 heteroatoms. The van der Waals surface area contributed by atoms with Crippen molar-refractivity contribution >= 4 is 0 Å². The molecule has 178 valence electrons. The van der Waals surface area contributed by atoms with Gasteiger partial charge in [-0.25, -0.2) is 0 Å². The van der Waals surface area contributed by atoms with Crippen molar-refractivity contribution in [3.05, 3.63) is 83.4 Å². The Kier molecular flexibility index (Phi) is 8.01. The maximum atomic E-state index is 14.5. The summed E-state index contributed by atoms with van der Waals surface area (Å²) in [6.45, 7) is 6.15. The third kappa shape index (κ3) is 6.76. The maximum absolute atomic E-state index is 14.5. The van der Waals surface area contributed by atoms with Crippen molar-refractivity contribution in [2.75, 3.05) is 0 Å². The lowest BCUT2D eigenvalue weighted by Crippen LogP contribution is -2.23. The maximum Gasteiger partial charge on any atom is 0.360 e. The van der Waals surface area contributed by atoms with Crippen molar-refractivity contribution in [3.8, 4) is 0 Å². The van der Waals surface area contributed by atoms with Gasteiger partial charge in [0.2, 0.25) is 0 Å². The van der Waals surface area contributed by atoms with Crippen molar-refractivity contribution in [1.29, 1.82) is 0 Å². The van der Waals surface area contributed by atoms with Crippen LogP contribution in [0.2, 0.25) is 0 Å². The molecular weight excluding hydrogens is 414 g/mol. The van der Waals surface area contributed by atoms with E-state index in [1.807, 2.05) is 36.4 Å². The van der Waals surface area contributed by atoms with E-state index in [4.69, 9.17) is 4.74 Å². The largest absolute Gasteiger partial charge is 0.360 e. The SMILES string of the molecule is C=CC1CCC(c2ccc(COC(F)(F)Cc3ccc(C4CCC(C)CC4)cc3)cc2)CC1. The van der Waals surface area contributed by atoms with Gasteiger partial charge in [-0.3, -0.25) is 0 Å². The molecule has 2 saturated carbocycles. The van der Waals surface area contributed by atoms with Gasteiger partial charge >= 0.3 is 6.11 Å². The highest BCUT2D eigenvalue weighted by Gasteiger charge is 2.31. The van der Waals surface area contributed by atoms with Crippen LogP contribution in [0, 0.1) is 11.8 Å². The van der Waals surface area contributed by atoms with Crippen LogP contribution in [-0.2, 0) is 17.8 Å². The summed E-state index contributed by atoms with van der Waals surface area (Å²) in [6, 6.07) is 15.8. The summed E-state index contributed by atoms with van der Waals surface area (Å²) in [5.74, 6) is 2.60. The Bertz CT molecular complexity index is 871. The Hall–Kier alpha value is -2.00. The standard InChI is InChI=1S/C30H38F2O/c1-3-23-6-14-27(15-7-23)29-18-10-25(11-19-29)21-33-30(31,32)20-24-8-16-28(17-9-24)26-12-4-22(2)5-13-26/h3,8-11,16-19,22-23,26-27H,1,4-7,12-15,20-21H2,2H3. The molecule has 0 spiro atoms. The fourth-order valence-electron chi connectivity index (χ4n) is 5.55. The predicted molar refractivity (Wildman–Crippen MR) is 132 cm³/mol. The molecule has 0 saturated heterocycles. The number of allylic oxidation sites excluding steroid dienone is 1. The first kappa shape index (κ1) is 24.1. The highest BCUT2D eigenvalue weighted by atomic mass is 19.3. The van der Waals surface area contributed by atoms with Crippen LogP contribution < -0.4 is 0 Å². The molecule has 0 amide bonds. The van der Waals surface area contributed by atoms with Crippen molar-refractivity contribution in [2.24, 2.45) is 11.8 Å². The lowest BCUT2D eigenvalue weighted by Gasteiger charge is -2.27. The zero-order valence-electron chi connectivity index (χ0n) is 19.9. The fraction of sp³-hybridized carbons (Fsp3) is 0.533. The molecule has 33 heavy (non-hydrogen) atoms. The number of hydrogen-bond donors (Lipinski definition) is 0. The number of rotatable bonds is 8. The van der Waals surface area contributed by atoms with Crippen molar-refractivity contribution < 1.29 is 13.5 Å². The fourth-order valence-corrected chi connectivity index (χ4v) is 5.55. The highest BCUT2D eigenvalue weighted by Crippen LogP contribution is 2.37. The van der Waals surface area contributed by atoms with E-state index in [1.54, 1.807) is 0 Å². The molecule has 0 unspecified atom stereocenters. The second kappa shape index (κ2) is 11.0. The Labute approximate surface area is 198 Å². The van der Waals surface area contributed by atoms with Crippen LogP contribution in [0.4, 0.5) is 8.78 Å². The summed E-state index contributed by atoms with van der Waals surface area (Å²) in [5, 5.41) is 0. The second-order valence-electron chi connectivity index (χ2n) is 10.4. The van der Waals surface area contributed by atoms with Crippen LogP contribution in [0.3, 0.4) is 0 Å². The van der Waals surface area contributed by atoms with Gasteiger partial charge in [0.15, 0.2) is 0 Å². The number of benzene rings is 2. The molecule has 2 aliphatic rings. The molecule has 2 aromatic carbocycles. The summed E-state index contributed by atoms with van der Waals surface area (Å²) in [6.07, 6.45) is 8.14. The van der Waals surface area contributed by atoms with Crippen molar-refractivity contribution in [3.63, 3.8) is 0 Å². The highest BCUT2D eigenvalue weighted by molar-refractivity contribution is 5.27.